The van der Waals surface area contributed by atoms with E-state index in [1.165, 1.54) is 0 Å². The maximum atomic E-state index is 14.9. The minimum atomic E-state index is -0.742. The van der Waals surface area contributed by atoms with Crippen LogP contribution in [0.3, 0.4) is 0 Å². The zero-order valence-electron chi connectivity index (χ0n) is 40.9. The maximum absolute atomic E-state index is 14.9. The van der Waals surface area contributed by atoms with Gasteiger partial charge in [-0.25, -0.2) is 0 Å². The number of rotatable bonds is 11. The molecule has 1 radical (unpaired) electrons. The van der Waals surface area contributed by atoms with Crippen molar-refractivity contribution in [3.05, 3.63) is 301 Å². The molecule has 1 aliphatic heterocycles. The zero-order valence-corrected chi connectivity index (χ0v) is 43.3. The number of allylic oxidation sites excluding steroid dienone is 2. The van der Waals surface area contributed by atoms with Crippen LogP contribution in [0.15, 0.2) is 243 Å². The Morgan fingerprint density at radius 1 is 0.403 bits per heavy atom. The fourth-order valence-electron chi connectivity index (χ4n) is 9.92. The molecule has 1 aliphatic rings. The van der Waals surface area contributed by atoms with Crippen molar-refractivity contribution in [2.45, 2.75) is 6.04 Å². The number of halogens is 4. The van der Waals surface area contributed by atoms with E-state index in [2.05, 4.69) is 114 Å². The third-order valence-corrected chi connectivity index (χ3v) is 13.6. The Morgan fingerprint density at radius 2 is 0.948 bits per heavy atom. The van der Waals surface area contributed by atoms with Gasteiger partial charge in [0.05, 0.1) is 0 Å². The van der Waals surface area contributed by atoms with Gasteiger partial charge in [-0.2, -0.15) is 12.3 Å². The van der Waals surface area contributed by atoms with Gasteiger partial charge in [-0.15, -0.1) is 65.7 Å². The Balaban J connectivity index is 0.00000631. The normalized spacial score (nSPS) is 12.8. The molecule has 0 fully saturated rings. The molecule has 373 valence electrons. The van der Waals surface area contributed by atoms with Crippen LogP contribution < -0.4 is 0 Å². The van der Waals surface area contributed by atoms with Crippen LogP contribution >= 0.6 is 0 Å². The molecule has 3 nitrogen and oxygen atoms in total. The third-order valence-electron chi connectivity index (χ3n) is 13.6. The topological polar surface area (TPSA) is 39.9 Å². The number of pyridine rings is 2. The second-order valence-corrected chi connectivity index (χ2v) is 18.4. The predicted molar refractivity (Wildman–Crippen MR) is 297 cm³/mol. The minimum absolute atomic E-state index is 0. The molecule has 9 aromatic carbocycles. The molecule has 12 rings (SSSR count). The van der Waals surface area contributed by atoms with Gasteiger partial charge >= 0.3 is 0 Å². The summed E-state index contributed by atoms with van der Waals surface area (Å²) in [6.07, 6.45) is 9.13. The zero-order chi connectivity index (χ0) is 51.5. The van der Waals surface area contributed by atoms with E-state index in [9.17, 15) is 17.6 Å². The van der Waals surface area contributed by atoms with E-state index >= 15 is 0 Å². The van der Waals surface area contributed by atoms with Crippen molar-refractivity contribution < 1.29 is 37.7 Å². The number of hydrogen-bond acceptors (Lipinski definition) is 2. The third kappa shape index (κ3) is 10.4. The summed E-state index contributed by atoms with van der Waals surface area (Å²) in [5.74, 6) is -2.86. The molecule has 0 aliphatic carbocycles. The summed E-state index contributed by atoms with van der Waals surface area (Å²) in [5, 5.41) is 4.72. The van der Waals surface area contributed by atoms with Crippen LogP contribution in [0.4, 0.5) is 17.6 Å². The summed E-state index contributed by atoms with van der Waals surface area (Å²) in [7, 11) is 0. The molecular weight excluding hydrogens is 1140 g/mol. The van der Waals surface area contributed by atoms with E-state index in [1.54, 1.807) is 24.5 Å². The molecule has 0 saturated heterocycles. The van der Waals surface area contributed by atoms with Crippen LogP contribution in [0.25, 0.3) is 111 Å². The van der Waals surface area contributed by atoms with Crippen molar-refractivity contribution in [3.63, 3.8) is 0 Å². The standard InChI is InChI=1S/C69H41F4N3.Ir/c70-53-29-31-61(65(72)38-53)67-33-27-48(41-74-67)55-17-7-9-19-57(55)50-35-51(58-20-10-8-18-56(58)49-28-34-68(75-42-49)62-32-30-54(71)39-66(62)73)37-52(36-50)59-21-11-12-22-60(59)64-43-76-69(47-15-5-2-6-16-47)40-63(64)46-25-23-45(24-26-46)44-13-3-1-4-14-44;/h1-15,17-30,33-43,67H;/q-4;. The molecule has 0 spiro atoms. The van der Waals surface area contributed by atoms with E-state index in [4.69, 9.17) is 10.3 Å². The Bertz CT molecular complexity index is 4010. The van der Waals surface area contributed by atoms with E-state index in [0.717, 1.165) is 125 Å². The van der Waals surface area contributed by atoms with Crippen LogP contribution in [0.1, 0.15) is 17.2 Å². The fraction of sp³-hybridized carbons (Fsp3) is 0.0145. The smallest absolute Gasteiger partial charge is 0.0408 e. The van der Waals surface area contributed by atoms with E-state index in [-0.39, 0.29) is 31.2 Å². The summed E-state index contributed by atoms with van der Waals surface area (Å²) >= 11 is 0. The molecule has 77 heavy (non-hydrogen) atoms. The van der Waals surface area contributed by atoms with Crippen molar-refractivity contribution in [2.24, 2.45) is 0 Å². The van der Waals surface area contributed by atoms with Crippen molar-refractivity contribution in [1.29, 1.82) is 0 Å². The quantitative estimate of drug-likeness (QED) is 0.0956. The number of benzene rings is 9. The second kappa shape index (κ2) is 22.0. The summed E-state index contributed by atoms with van der Waals surface area (Å²) in [6, 6.07) is 75.8. The van der Waals surface area contributed by atoms with Crippen LogP contribution in [0.5, 0.6) is 0 Å². The van der Waals surface area contributed by atoms with Crippen molar-refractivity contribution >= 4 is 5.57 Å². The second-order valence-electron chi connectivity index (χ2n) is 18.4. The van der Waals surface area contributed by atoms with Gasteiger partial charge in [0.15, 0.2) is 0 Å². The van der Waals surface area contributed by atoms with E-state index in [1.807, 2.05) is 103 Å². The average Bonchev–Trinajstić information content (AvgIpc) is 3.49. The number of hydrogen-bond donors (Lipinski definition) is 0. The van der Waals surface area contributed by atoms with E-state index in [0.29, 0.717) is 5.69 Å². The van der Waals surface area contributed by atoms with Gasteiger partial charge in [0, 0.05) is 61.3 Å². The van der Waals surface area contributed by atoms with Gasteiger partial charge in [0.1, 0.15) is 0 Å². The maximum Gasteiger partial charge on any atom is 0.0408 e. The molecule has 1 unspecified atom stereocenters. The van der Waals surface area contributed by atoms with Gasteiger partial charge in [-0.05, 0) is 113 Å². The van der Waals surface area contributed by atoms with Crippen molar-refractivity contribution in [3.8, 4) is 100 Å². The van der Waals surface area contributed by atoms with Gasteiger partial charge in [-0.3, -0.25) is 17.6 Å². The summed E-state index contributed by atoms with van der Waals surface area (Å²) in [4.78, 5) is 9.72. The summed E-state index contributed by atoms with van der Waals surface area (Å²) < 4.78 is 57.5. The predicted octanol–water partition coefficient (Wildman–Crippen LogP) is 18.5. The van der Waals surface area contributed by atoms with Gasteiger partial charge < -0.3 is 15.3 Å². The summed E-state index contributed by atoms with van der Waals surface area (Å²) in [6.45, 7) is 0. The monoisotopic (exact) mass is 1180 g/mol. The largest absolute Gasteiger partial charge is 0.682 e. The van der Waals surface area contributed by atoms with Crippen LogP contribution in [0, 0.1) is 41.5 Å². The molecule has 8 heteroatoms. The Labute approximate surface area is 458 Å². The molecule has 2 aromatic heterocycles. The number of nitrogens with zero attached hydrogens (tertiary/aromatic N) is 3. The van der Waals surface area contributed by atoms with Crippen LogP contribution in [-0.4, -0.2) is 9.97 Å². The molecule has 11 aromatic rings. The van der Waals surface area contributed by atoms with Gasteiger partial charge in [0.25, 0.3) is 0 Å². The first-order valence-corrected chi connectivity index (χ1v) is 24.7. The van der Waals surface area contributed by atoms with Crippen molar-refractivity contribution in [2.75, 3.05) is 0 Å². The van der Waals surface area contributed by atoms with Crippen LogP contribution in [0.2, 0.25) is 0 Å². The average molecular weight is 1180 g/mol. The van der Waals surface area contributed by atoms with Gasteiger partial charge in [-0.1, -0.05) is 175 Å². The first-order chi connectivity index (χ1) is 37.3. The Morgan fingerprint density at radius 3 is 1.56 bits per heavy atom. The molecular formula is C69H41F4IrN3-4. The minimum Gasteiger partial charge on any atom is -0.682 e. The van der Waals surface area contributed by atoms with Gasteiger partial charge in [0.2, 0.25) is 0 Å². The summed E-state index contributed by atoms with van der Waals surface area (Å²) in [5.41, 5.74) is 17.5. The molecule has 0 amide bonds. The molecule has 0 N–H and O–H groups in total. The molecule has 3 heterocycles. The SMILES string of the molecule is Fc1c[c-]c(-c2ccc(-c3ccccc3-c3cc(-c4ccccc4C4=C[N-]C(c5[c-]cc(F)cc5F)C=C4)cc(-c4ccccc4-c4cnc(-c5[c-]cccc5)cc4-c4ccc(-c5ccccc5)cc4)c3)cn2)c(F)c1.[Ir]. The molecule has 0 bridgehead atoms. The van der Waals surface area contributed by atoms with E-state index < -0.39 is 29.3 Å². The van der Waals surface area contributed by atoms with Crippen molar-refractivity contribution in [1.82, 2.24) is 9.97 Å². The first-order valence-electron chi connectivity index (χ1n) is 24.7. The number of aromatic nitrogens is 2. The Kier molecular flexibility index (Phi) is 14.3. The first kappa shape index (κ1) is 50.1. The Hall–Kier alpha value is -9.07. The molecule has 0 saturated carbocycles. The molecule has 1 atom stereocenters. The fourth-order valence-corrected chi connectivity index (χ4v) is 9.92. The van der Waals surface area contributed by atoms with Crippen LogP contribution in [-0.2, 0) is 20.1 Å².